The summed E-state index contributed by atoms with van der Waals surface area (Å²) < 4.78 is 2.61. The lowest BCUT2D eigenvalue weighted by molar-refractivity contribution is 0.255. The van der Waals surface area contributed by atoms with Crippen LogP contribution in [0.15, 0.2) is 0 Å². The summed E-state index contributed by atoms with van der Waals surface area (Å²) in [5.41, 5.74) is 2.96. The van der Waals surface area contributed by atoms with Crippen LogP contribution in [0, 0.1) is 6.92 Å². The van der Waals surface area contributed by atoms with E-state index in [1.165, 1.54) is 69.3 Å². The van der Waals surface area contributed by atoms with Gasteiger partial charge < -0.3 is 9.88 Å². The van der Waals surface area contributed by atoms with Crippen molar-refractivity contribution < 1.29 is 0 Å². The summed E-state index contributed by atoms with van der Waals surface area (Å²) in [5, 5.41) is 3.80. The minimum Gasteiger partial charge on any atom is -0.327 e. The van der Waals surface area contributed by atoms with Crippen molar-refractivity contribution in [1.29, 1.82) is 0 Å². The van der Waals surface area contributed by atoms with Crippen molar-refractivity contribution in [3.05, 3.63) is 17.2 Å². The van der Waals surface area contributed by atoms with Crippen LogP contribution in [0.1, 0.15) is 75.1 Å². The maximum Gasteiger partial charge on any atom is 0.106 e. The summed E-state index contributed by atoms with van der Waals surface area (Å²) in [4.78, 5) is 4.88. The first kappa shape index (κ1) is 14.1. The van der Waals surface area contributed by atoms with Crippen LogP contribution in [0.4, 0.5) is 0 Å². The third-order valence-corrected chi connectivity index (χ3v) is 5.06. The Balaban J connectivity index is 1.87. The van der Waals surface area contributed by atoms with Gasteiger partial charge in [0.05, 0.1) is 11.7 Å². The molecule has 1 saturated carbocycles. The van der Waals surface area contributed by atoms with E-state index in [1.807, 2.05) is 0 Å². The predicted molar refractivity (Wildman–Crippen MR) is 83.2 cm³/mol. The Morgan fingerprint density at radius 3 is 2.80 bits per heavy atom. The fraction of sp³-hybridized carbons (Fsp3) is 0.824. The van der Waals surface area contributed by atoms with E-state index in [2.05, 4.69) is 23.7 Å². The fourth-order valence-corrected chi connectivity index (χ4v) is 4.13. The Kier molecular flexibility index (Phi) is 4.45. The van der Waals surface area contributed by atoms with Crippen LogP contribution in [-0.4, -0.2) is 22.1 Å². The van der Waals surface area contributed by atoms with Crippen LogP contribution in [0.5, 0.6) is 0 Å². The van der Waals surface area contributed by atoms with Crippen molar-refractivity contribution in [2.45, 2.75) is 83.7 Å². The van der Waals surface area contributed by atoms with Crippen LogP contribution in [0.2, 0.25) is 0 Å². The lowest BCUT2D eigenvalue weighted by Gasteiger charge is -2.35. The lowest BCUT2D eigenvalue weighted by Crippen LogP contribution is -2.41. The number of imidazole rings is 1. The van der Waals surface area contributed by atoms with E-state index in [9.17, 15) is 0 Å². The van der Waals surface area contributed by atoms with Gasteiger partial charge >= 0.3 is 0 Å². The molecule has 3 nitrogen and oxygen atoms in total. The molecule has 0 amide bonds. The number of rotatable bonds is 4. The second kappa shape index (κ2) is 6.30. The number of aromatic nitrogens is 2. The van der Waals surface area contributed by atoms with Crippen molar-refractivity contribution in [3.63, 3.8) is 0 Å². The molecule has 2 atom stereocenters. The lowest BCUT2D eigenvalue weighted by atomic mass is 9.89. The highest BCUT2D eigenvalue weighted by Crippen LogP contribution is 2.34. The summed E-state index contributed by atoms with van der Waals surface area (Å²) in [6.07, 6.45) is 11.8. The Hall–Kier alpha value is -0.830. The molecular formula is C17H29N3. The minimum atomic E-state index is 0.643. The highest BCUT2D eigenvalue weighted by molar-refractivity contribution is 5.21. The Bertz CT molecular complexity index is 449. The molecule has 0 aromatic carbocycles. The molecule has 2 aliphatic carbocycles. The van der Waals surface area contributed by atoms with Gasteiger partial charge in [0.25, 0.3) is 0 Å². The molecule has 3 rings (SSSR count). The van der Waals surface area contributed by atoms with Gasteiger partial charge in [-0.1, -0.05) is 19.8 Å². The number of hydrogen-bond acceptors (Lipinski definition) is 2. The highest BCUT2D eigenvalue weighted by atomic mass is 15.2. The SMILES string of the molecule is CCCNC1CCCCC1n1c(C)nc2c1CCCC2. The summed E-state index contributed by atoms with van der Waals surface area (Å²) in [7, 11) is 0. The molecule has 112 valence electrons. The standard InChI is InChI=1S/C17H29N3/c1-3-12-18-14-8-4-6-10-16(14)20-13(2)19-15-9-5-7-11-17(15)20/h14,16,18H,3-12H2,1-2H3. The Labute approximate surface area is 123 Å². The number of nitrogens with zero attached hydrogens (tertiary/aromatic N) is 2. The zero-order valence-corrected chi connectivity index (χ0v) is 13.1. The molecule has 2 unspecified atom stereocenters. The van der Waals surface area contributed by atoms with E-state index in [4.69, 9.17) is 4.98 Å². The van der Waals surface area contributed by atoms with Crippen molar-refractivity contribution in [3.8, 4) is 0 Å². The van der Waals surface area contributed by atoms with Crippen molar-refractivity contribution >= 4 is 0 Å². The second-order valence-electron chi connectivity index (χ2n) is 6.54. The molecular weight excluding hydrogens is 246 g/mol. The van der Waals surface area contributed by atoms with Gasteiger partial charge in [-0.2, -0.15) is 0 Å². The van der Waals surface area contributed by atoms with Crippen LogP contribution >= 0.6 is 0 Å². The minimum absolute atomic E-state index is 0.643. The molecule has 20 heavy (non-hydrogen) atoms. The summed E-state index contributed by atoms with van der Waals surface area (Å²) >= 11 is 0. The average molecular weight is 275 g/mol. The van der Waals surface area contributed by atoms with E-state index in [0.29, 0.717) is 12.1 Å². The molecule has 1 heterocycles. The van der Waals surface area contributed by atoms with Crippen LogP contribution < -0.4 is 5.32 Å². The summed E-state index contributed by atoms with van der Waals surface area (Å²) in [5.74, 6) is 1.26. The van der Waals surface area contributed by atoms with E-state index < -0.39 is 0 Å². The number of aryl methyl sites for hydroxylation is 2. The van der Waals surface area contributed by atoms with Gasteiger partial charge in [0.1, 0.15) is 5.82 Å². The third-order valence-electron chi connectivity index (χ3n) is 5.06. The molecule has 1 fully saturated rings. The normalized spacial score (nSPS) is 26.5. The Morgan fingerprint density at radius 1 is 1.15 bits per heavy atom. The molecule has 1 N–H and O–H groups in total. The maximum atomic E-state index is 4.88. The molecule has 0 saturated heterocycles. The topological polar surface area (TPSA) is 29.9 Å². The summed E-state index contributed by atoms with van der Waals surface area (Å²) in [6.45, 7) is 5.62. The van der Waals surface area contributed by atoms with Gasteiger partial charge in [-0.3, -0.25) is 0 Å². The number of fused-ring (bicyclic) bond motifs is 1. The largest absolute Gasteiger partial charge is 0.327 e. The van der Waals surface area contributed by atoms with Crippen molar-refractivity contribution in [2.24, 2.45) is 0 Å². The van der Waals surface area contributed by atoms with Crippen molar-refractivity contribution in [2.75, 3.05) is 6.54 Å². The zero-order chi connectivity index (χ0) is 13.9. The monoisotopic (exact) mass is 275 g/mol. The second-order valence-corrected chi connectivity index (χ2v) is 6.54. The molecule has 0 spiro atoms. The van der Waals surface area contributed by atoms with E-state index >= 15 is 0 Å². The van der Waals surface area contributed by atoms with E-state index in [-0.39, 0.29) is 0 Å². The first-order chi connectivity index (χ1) is 9.81. The van der Waals surface area contributed by atoms with Crippen molar-refractivity contribution in [1.82, 2.24) is 14.9 Å². The molecule has 0 aliphatic heterocycles. The van der Waals surface area contributed by atoms with Gasteiger partial charge in [-0.25, -0.2) is 4.98 Å². The fourth-order valence-electron chi connectivity index (χ4n) is 4.13. The molecule has 1 aromatic heterocycles. The molecule has 2 aliphatic rings. The first-order valence-electron chi connectivity index (χ1n) is 8.61. The maximum absolute atomic E-state index is 4.88. The average Bonchev–Trinajstić information content (AvgIpc) is 2.81. The van der Waals surface area contributed by atoms with Crippen LogP contribution in [-0.2, 0) is 12.8 Å². The first-order valence-corrected chi connectivity index (χ1v) is 8.61. The zero-order valence-electron chi connectivity index (χ0n) is 13.1. The van der Waals surface area contributed by atoms with E-state index in [0.717, 1.165) is 6.54 Å². The van der Waals surface area contributed by atoms with Crippen LogP contribution in [0.25, 0.3) is 0 Å². The Morgan fingerprint density at radius 2 is 1.95 bits per heavy atom. The third kappa shape index (κ3) is 2.65. The van der Waals surface area contributed by atoms with Gasteiger partial charge in [0, 0.05) is 11.7 Å². The van der Waals surface area contributed by atoms with Gasteiger partial charge in [-0.05, 0) is 58.4 Å². The predicted octanol–water partition coefficient (Wildman–Crippen LogP) is 3.55. The summed E-state index contributed by atoms with van der Waals surface area (Å²) in [6, 6.07) is 1.30. The smallest absolute Gasteiger partial charge is 0.106 e. The quantitative estimate of drug-likeness (QED) is 0.910. The molecule has 3 heteroatoms. The van der Waals surface area contributed by atoms with E-state index in [1.54, 1.807) is 5.69 Å². The van der Waals surface area contributed by atoms with Crippen LogP contribution in [0.3, 0.4) is 0 Å². The van der Waals surface area contributed by atoms with Gasteiger partial charge in [0.15, 0.2) is 0 Å². The molecule has 0 radical (unpaired) electrons. The van der Waals surface area contributed by atoms with Gasteiger partial charge in [0.2, 0.25) is 0 Å². The van der Waals surface area contributed by atoms with Gasteiger partial charge in [-0.15, -0.1) is 0 Å². The molecule has 1 aromatic rings. The number of nitrogens with one attached hydrogen (secondary N) is 1. The molecule has 0 bridgehead atoms. The number of hydrogen-bond donors (Lipinski definition) is 1. The highest BCUT2D eigenvalue weighted by Gasteiger charge is 2.30.